The minimum absolute atomic E-state index is 0.0258. The summed E-state index contributed by atoms with van der Waals surface area (Å²) in [6.07, 6.45) is 0. The maximum Gasteiger partial charge on any atom is 0.241 e. The quantitative estimate of drug-likeness (QED) is 0.566. The third-order valence-corrected chi connectivity index (χ3v) is 5.24. The molecule has 1 heterocycles. The van der Waals surface area contributed by atoms with Gasteiger partial charge in [-0.1, -0.05) is 24.3 Å². The normalized spacial score (nSPS) is 14.4. The van der Waals surface area contributed by atoms with Crippen molar-refractivity contribution in [2.24, 2.45) is 4.99 Å². The van der Waals surface area contributed by atoms with E-state index in [2.05, 4.69) is 10.2 Å². The van der Waals surface area contributed by atoms with Crippen LogP contribution in [0.3, 0.4) is 0 Å². The fourth-order valence-electron chi connectivity index (χ4n) is 3.34. The van der Waals surface area contributed by atoms with Gasteiger partial charge in [-0.05, 0) is 29.8 Å². The van der Waals surface area contributed by atoms with Crippen LogP contribution in [0.4, 0.5) is 10.1 Å². The van der Waals surface area contributed by atoms with Crippen molar-refractivity contribution in [1.82, 2.24) is 15.1 Å². The van der Waals surface area contributed by atoms with Gasteiger partial charge in [-0.15, -0.1) is 0 Å². The van der Waals surface area contributed by atoms with E-state index in [1.165, 1.54) is 6.07 Å². The van der Waals surface area contributed by atoms with Gasteiger partial charge in [0.15, 0.2) is 5.96 Å². The smallest absolute Gasteiger partial charge is 0.241 e. The molecule has 31 heavy (non-hydrogen) atoms. The number of nitrogens with zero attached hydrogens (tertiary/aromatic N) is 4. The largest absolute Gasteiger partial charge is 0.497 e. The number of aliphatic imine (C=N–C) groups is 1. The van der Waals surface area contributed by atoms with Crippen molar-refractivity contribution in [3.8, 4) is 5.75 Å². The third-order valence-electron chi connectivity index (χ3n) is 5.24. The molecule has 0 bridgehead atoms. The van der Waals surface area contributed by atoms with Crippen LogP contribution in [0, 0.1) is 5.82 Å². The first kappa shape index (κ1) is 22.4. The molecule has 1 amide bonds. The van der Waals surface area contributed by atoms with Gasteiger partial charge < -0.3 is 24.8 Å². The molecule has 1 fully saturated rings. The minimum Gasteiger partial charge on any atom is -0.497 e. The van der Waals surface area contributed by atoms with Crippen LogP contribution in [0.5, 0.6) is 5.75 Å². The molecule has 1 saturated heterocycles. The Hall–Kier alpha value is -3.29. The molecular formula is C23H30FN5O2. The molecule has 0 atom stereocenters. The predicted molar refractivity (Wildman–Crippen MR) is 121 cm³/mol. The van der Waals surface area contributed by atoms with Crippen molar-refractivity contribution >= 4 is 17.6 Å². The fourth-order valence-corrected chi connectivity index (χ4v) is 3.34. The van der Waals surface area contributed by atoms with E-state index < -0.39 is 0 Å². The van der Waals surface area contributed by atoms with Crippen LogP contribution in [0.1, 0.15) is 5.56 Å². The van der Waals surface area contributed by atoms with Gasteiger partial charge in [-0.2, -0.15) is 0 Å². The second-order valence-corrected chi connectivity index (χ2v) is 7.56. The van der Waals surface area contributed by atoms with Gasteiger partial charge in [0.25, 0.3) is 0 Å². The van der Waals surface area contributed by atoms with Crippen molar-refractivity contribution < 1.29 is 13.9 Å². The molecule has 8 heteroatoms. The first-order valence-electron chi connectivity index (χ1n) is 10.3. The molecule has 0 aliphatic carbocycles. The number of rotatable bonds is 6. The summed E-state index contributed by atoms with van der Waals surface area (Å²) >= 11 is 0. The average molecular weight is 428 g/mol. The van der Waals surface area contributed by atoms with Gasteiger partial charge in [0.2, 0.25) is 5.91 Å². The van der Waals surface area contributed by atoms with E-state index in [1.54, 1.807) is 38.2 Å². The lowest BCUT2D eigenvalue weighted by Gasteiger charge is -2.37. The first-order chi connectivity index (χ1) is 15.0. The summed E-state index contributed by atoms with van der Waals surface area (Å²) in [7, 11) is 5.09. The number of anilines is 1. The Kier molecular flexibility index (Phi) is 7.70. The van der Waals surface area contributed by atoms with Crippen LogP contribution in [-0.4, -0.2) is 75.6 Å². The number of carbonyl (C=O) groups excluding carboxylic acids is 1. The summed E-state index contributed by atoms with van der Waals surface area (Å²) in [4.78, 5) is 22.5. The topological polar surface area (TPSA) is 60.4 Å². The zero-order valence-electron chi connectivity index (χ0n) is 18.3. The highest BCUT2D eigenvalue weighted by Gasteiger charge is 2.22. The molecule has 1 aliphatic rings. The van der Waals surface area contributed by atoms with Crippen LogP contribution in [0.15, 0.2) is 53.5 Å². The summed E-state index contributed by atoms with van der Waals surface area (Å²) in [6, 6.07) is 14.6. The van der Waals surface area contributed by atoms with Crippen LogP contribution in [0.2, 0.25) is 0 Å². The lowest BCUT2D eigenvalue weighted by Crippen LogP contribution is -2.53. The average Bonchev–Trinajstić information content (AvgIpc) is 2.80. The zero-order chi connectivity index (χ0) is 22.2. The van der Waals surface area contributed by atoms with E-state index in [9.17, 15) is 9.18 Å². The SMILES string of the molecule is COc1ccc(CN=C(NCC(=O)N(C)C)N2CCN(c3ccccc3F)CC2)cc1. The summed E-state index contributed by atoms with van der Waals surface area (Å²) < 4.78 is 19.3. The van der Waals surface area contributed by atoms with Gasteiger partial charge in [0, 0.05) is 40.3 Å². The number of ether oxygens (including phenoxy) is 1. The van der Waals surface area contributed by atoms with Crippen molar-refractivity contribution in [2.45, 2.75) is 6.54 Å². The maximum atomic E-state index is 14.1. The van der Waals surface area contributed by atoms with E-state index in [-0.39, 0.29) is 18.3 Å². The van der Waals surface area contributed by atoms with Crippen LogP contribution < -0.4 is 15.0 Å². The number of guanidine groups is 1. The molecule has 0 spiro atoms. The Morgan fingerprint density at radius 1 is 1.10 bits per heavy atom. The van der Waals surface area contributed by atoms with E-state index in [0.717, 1.165) is 11.3 Å². The number of hydrogen-bond acceptors (Lipinski definition) is 4. The van der Waals surface area contributed by atoms with E-state index in [4.69, 9.17) is 9.73 Å². The van der Waals surface area contributed by atoms with E-state index in [0.29, 0.717) is 44.4 Å². The highest BCUT2D eigenvalue weighted by molar-refractivity contribution is 5.86. The number of methoxy groups -OCH3 is 1. The van der Waals surface area contributed by atoms with Crippen LogP contribution >= 0.6 is 0 Å². The number of halogens is 1. The summed E-state index contributed by atoms with van der Waals surface area (Å²) in [5.41, 5.74) is 1.67. The summed E-state index contributed by atoms with van der Waals surface area (Å²) in [6.45, 7) is 3.35. The third kappa shape index (κ3) is 6.10. The molecule has 2 aromatic carbocycles. The Bertz CT molecular complexity index is 893. The monoisotopic (exact) mass is 427 g/mol. The number of hydrogen-bond donors (Lipinski definition) is 1. The highest BCUT2D eigenvalue weighted by Crippen LogP contribution is 2.20. The molecule has 166 valence electrons. The Balaban J connectivity index is 1.68. The second-order valence-electron chi connectivity index (χ2n) is 7.56. The van der Waals surface area contributed by atoms with Crippen molar-refractivity contribution in [3.05, 3.63) is 59.9 Å². The summed E-state index contributed by atoms with van der Waals surface area (Å²) in [5, 5.41) is 3.20. The molecule has 2 aromatic rings. The number of para-hydroxylation sites is 1. The van der Waals surface area contributed by atoms with Gasteiger partial charge >= 0.3 is 0 Å². The van der Waals surface area contributed by atoms with Crippen LogP contribution in [0.25, 0.3) is 0 Å². The lowest BCUT2D eigenvalue weighted by atomic mass is 10.2. The Morgan fingerprint density at radius 3 is 2.39 bits per heavy atom. The molecular weight excluding hydrogens is 397 g/mol. The van der Waals surface area contributed by atoms with Gasteiger partial charge in [0.1, 0.15) is 11.6 Å². The van der Waals surface area contributed by atoms with E-state index in [1.807, 2.05) is 35.2 Å². The number of carbonyl (C=O) groups is 1. The fraction of sp³-hybridized carbons (Fsp3) is 0.391. The van der Waals surface area contributed by atoms with Gasteiger partial charge in [-0.25, -0.2) is 9.38 Å². The minimum atomic E-state index is -0.209. The number of benzene rings is 2. The molecule has 1 aliphatic heterocycles. The van der Waals surface area contributed by atoms with E-state index >= 15 is 0 Å². The zero-order valence-corrected chi connectivity index (χ0v) is 18.3. The van der Waals surface area contributed by atoms with Crippen molar-refractivity contribution in [2.75, 3.05) is 58.8 Å². The number of likely N-dealkylation sites (N-methyl/N-ethyl adjacent to an activating group) is 1. The summed E-state index contributed by atoms with van der Waals surface area (Å²) in [5.74, 6) is 1.24. The Labute approximate surface area is 183 Å². The number of amides is 1. The standard InChI is InChI=1S/C23H30FN5O2/c1-27(2)22(30)17-26-23(25-16-18-8-10-19(31-3)11-9-18)29-14-12-28(13-15-29)21-7-5-4-6-20(21)24/h4-11H,12-17H2,1-3H3,(H,25,26). The molecule has 0 saturated carbocycles. The second kappa shape index (κ2) is 10.7. The van der Waals surface area contributed by atoms with Crippen LogP contribution in [-0.2, 0) is 11.3 Å². The molecule has 0 unspecified atom stereocenters. The number of nitrogens with one attached hydrogen (secondary N) is 1. The van der Waals surface area contributed by atoms with Gasteiger partial charge in [0.05, 0.1) is 25.9 Å². The Morgan fingerprint density at radius 2 is 1.77 bits per heavy atom. The van der Waals surface area contributed by atoms with Crippen molar-refractivity contribution in [3.63, 3.8) is 0 Å². The van der Waals surface area contributed by atoms with Crippen molar-refractivity contribution in [1.29, 1.82) is 0 Å². The van der Waals surface area contributed by atoms with Gasteiger partial charge in [-0.3, -0.25) is 4.79 Å². The molecule has 1 N–H and O–H groups in total. The highest BCUT2D eigenvalue weighted by atomic mass is 19.1. The lowest BCUT2D eigenvalue weighted by molar-refractivity contribution is -0.127. The molecule has 7 nitrogen and oxygen atoms in total. The maximum absolute atomic E-state index is 14.1. The molecule has 3 rings (SSSR count). The molecule has 0 aromatic heterocycles. The predicted octanol–water partition coefficient (Wildman–Crippen LogP) is 2.19. The number of piperazine rings is 1. The molecule has 0 radical (unpaired) electrons. The first-order valence-corrected chi connectivity index (χ1v) is 10.3.